The van der Waals surface area contributed by atoms with Gasteiger partial charge in [-0.15, -0.1) is 0 Å². The second-order valence-corrected chi connectivity index (χ2v) is 5.50. The van der Waals surface area contributed by atoms with Gasteiger partial charge in [-0.3, -0.25) is 4.79 Å². The van der Waals surface area contributed by atoms with Gasteiger partial charge in [0, 0.05) is 24.8 Å². The third-order valence-electron chi connectivity index (χ3n) is 3.91. The fourth-order valence-corrected chi connectivity index (χ4v) is 2.70. The second-order valence-electron chi connectivity index (χ2n) is 5.50. The molecule has 0 bridgehead atoms. The van der Waals surface area contributed by atoms with Gasteiger partial charge in [0.1, 0.15) is 23.5 Å². The summed E-state index contributed by atoms with van der Waals surface area (Å²) >= 11 is 0. The van der Waals surface area contributed by atoms with Gasteiger partial charge in [0.05, 0.1) is 20.8 Å². The summed E-state index contributed by atoms with van der Waals surface area (Å²) in [7, 11) is 4.58. The van der Waals surface area contributed by atoms with Crippen LogP contribution in [0.2, 0.25) is 0 Å². The summed E-state index contributed by atoms with van der Waals surface area (Å²) in [5.74, 6) is 1.56. The standard InChI is InChI=1S/C20H20O6/c1-22-9-10-25-17-12-16(23-2)18-14(21)11-15(13-7-5-4-6-8-13)26-20(18)19(17)24-3/h4-8,11-12H,9-10H2,1-3H3. The Balaban J connectivity index is 2.24. The van der Waals surface area contributed by atoms with E-state index in [1.54, 1.807) is 13.2 Å². The normalized spacial score (nSPS) is 10.7. The average Bonchev–Trinajstić information content (AvgIpc) is 2.67. The van der Waals surface area contributed by atoms with Crippen molar-refractivity contribution in [3.63, 3.8) is 0 Å². The molecule has 1 aromatic heterocycles. The lowest BCUT2D eigenvalue weighted by Gasteiger charge is -2.15. The van der Waals surface area contributed by atoms with E-state index in [9.17, 15) is 4.79 Å². The maximum absolute atomic E-state index is 12.7. The highest BCUT2D eigenvalue weighted by Gasteiger charge is 2.21. The molecule has 0 saturated heterocycles. The summed E-state index contributed by atoms with van der Waals surface area (Å²) < 4.78 is 27.6. The van der Waals surface area contributed by atoms with Crippen LogP contribution in [-0.2, 0) is 4.74 Å². The molecule has 0 saturated carbocycles. The van der Waals surface area contributed by atoms with Crippen molar-refractivity contribution in [3.05, 3.63) is 52.7 Å². The van der Waals surface area contributed by atoms with E-state index in [2.05, 4.69) is 0 Å². The maximum Gasteiger partial charge on any atom is 0.205 e. The Kier molecular flexibility index (Phi) is 5.43. The van der Waals surface area contributed by atoms with Gasteiger partial charge in [-0.05, 0) is 0 Å². The highest BCUT2D eigenvalue weighted by atomic mass is 16.5. The van der Waals surface area contributed by atoms with Gasteiger partial charge < -0.3 is 23.4 Å². The van der Waals surface area contributed by atoms with E-state index < -0.39 is 0 Å². The van der Waals surface area contributed by atoms with Crippen molar-refractivity contribution in [1.82, 2.24) is 0 Å². The maximum atomic E-state index is 12.7. The summed E-state index contributed by atoms with van der Waals surface area (Å²) in [4.78, 5) is 12.7. The predicted octanol–water partition coefficient (Wildman–Crippen LogP) is 3.50. The highest BCUT2D eigenvalue weighted by molar-refractivity contribution is 5.92. The number of hydrogen-bond donors (Lipinski definition) is 0. The monoisotopic (exact) mass is 356 g/mol. The molecule has 0 aliphatic carbocycles. The van der Waals surface area contributed by atoms with Gasteiger partial charge in [-0.25, -0.2) is 0 Å². The molecule has 136 valence electrons. The number of methoxy groups -OCH3 is 3. The zero-order chi connectivity index (χ0) is 18.5. The first-order valence-corrected chi connectivity index (χ1v) is 8.09. The molecule has 0 radical (unpaired) electrons. The quantitative estimate of drug-likeness (QED) is 0.604. The van der Waals surface area contributed by atoms with E-state index in [0.29, 0.717) is 41.6 Å². The molecule has 6 nitrogen and oxygen atoms in total. The van der Waals surface area contributed by atoms with Gasteiger partial charge in [-0.1, -0.05) is 30.3 Å². The molecule has 2 aromatic carbocycles. The Bertz CT molecular complexity index is 946. The van der Waals surface area contributed by atoms with Gasteiger partial charge in [-0.2, -0.15) is 0 Å². The minimum absolute atomic E-state index is 0.219. The van der Waals surface area contributed by atoms with Crippen LogP contribution in [0.4, 0.5) is 0 Å². The SMILES string of the molecule is COCCOc1cc(OC)c2c(=O)cc(-c3ccccc3)oc2c1OC. The lowest BCUT2D eigenvalue weighted by Crippen LogP contribution is -2.08. The van der Waals surface area contributed by atoms with Crippen LogP contribution in [-0.4, -0.2) is 34.5 Å². The minimum Gasteiger partial charge on any atom is -0.496 e. The smallest absolute Gasteiger partial charge is 0.205 e. The Labute approximate surface area is 150 Å². The van der Waals surface area contributed by atoms with Crippen molar-refractivity contribution < 1.29 is 23.4 Å². The lowest BCUT2D eigenvalue weighted by molar-refractivity contribution is 0.144. The molecule has 0 spiro atoms. The molecule has 3 aromatic rings. The molecule has 0 aliphatic rings. The van der Waals surface area contributed by atoms with Crippen molar-refractivity contribution in [2.24, 2.45) is 0 Å². The van der Waals surface area contributed by atoms with Crippen LogP contribution in [0.25, 0.3) is 22.3 Å². The predicted molar refractivity (Wildman–Crippen MR) is 98.4 cm³/mol. The summed E-state index contributed by atoms with van der Waals surface area (Å²) in [6.07, 6.45) is 0. The Morgan fingerprint density at radius 1 is 0.923 bits per heavy atom. The highest BCUT2D eigenvalue weighted by Crippen LogP contribution is 2.41. The largest absolute Gasteiger partial charge is 0.496 e. The number of ether oxygens (including phenoxy) is 4. The van der Waals surface area contributed by atoms with E-state index in [1.165, 1.54) is 20.3 Å². The van der Waals surface area contributed by atoms with Crippen molar-refractivity contribution in [2.45, 2.75) is 0 Å². The zero-order valence-corrected chi connectivity index (χ0v) is 14.9. The first kappa shape index (κ1) is 17.8. The van der Waals surface area contributed by atoms with Crippen LogP contribution in [0.1, 0.15) is 0 Å². The number of hydrogen-bond acceptors (Lipinski definition) is 6. The van der Waals surface area contributed by atoms with Crippen LogP contribution in [0, 0.1) is 0 Å². The summed E-state index contributed by atoms with van der Waals surface area (Å²) in [5.41, 5.74) is 0.854. The van der Waals surface area contributed by atoms with Gasteiger partial charge in [0.15, 0.2) is 16.8 Å². The van der Waals surface area contributed by atoms with Gasteiger partial charge >= 0.3 is 0 Å². The lowest BCUT2D eigenvalue weighted by atomic mass is 10.1. The van der Waals surface area contributed by atoms with Crippen LogP contribution < -0.4 is 19.6 Å². The van der Waals surface area contributed by atoms with Crippen molar-refractivity contribution >= 4 is 11.0 Å². The summed E-state index contributed by atoms with van der Waals surface area (Å²) in [6.45, 7) is 0.738. The van der Waals surface area contributed by atoms with Crippen LogP contribution in [0.3, 0.4) is 0 Å². The summed E-state index contributed by atoms with van der Waals surface area (Å²) in [5, 5.41) is 0.308. The fourth-order valence-electron chi connectivity index (χ4n) is 2.70. The zero-order valence-electron chi connectivity index (χ0n) is 14.9. The average molecular weight is 356 g/mol. The second kappa shape index (κ2) is 7.93. The van der Waals surface area contributed by atoms with Crippen LogP contribution in [0.15, 0.2) is 51.7 Å². The first-order valence-electron chi connectivity index (χ1n) is 8.09. The van der Waals surface area contributed by atoms with Gasteiger partial charge in [0.2, 0.25) is 5.75 Å². The molecule has 3 rings (SSSR count). The molecule has 0 unspecified atom stereocenters. The molecule has 0 amide bonds. The summed E-state index contributed by atoms with van der Waals surface area (Å²) in [6, 6.07) is 12.5. The first-order chi connectivity index (χ1) is 12.7. The molecular weight excluding hydrogens is 336 g/mol. The third kappa shape index (κ3) is 3.36. The van der Waals surface area contributed by atoms with E-state index >= 15 is 0 Å². The Hall–Kier alpha value is -2.99. The number of benzene rings is 2. The third-order valence-corrected chi connectivity index (χ3v) is 3.91. The fraction of sp³-hybridized carbons (Fsp3) is 0.250. The Morgan fingerprint density at radius 2 is 1.69 bits per heavy atom. The molecule has 0 fully saturated rings. The molecule has 0 aliphatic heterocycles. The molecular formula is C20H20O6. The molecule has 0 N–H and O–H groups in total. The minimum atomic E-state index is -0.219. The number of fused-ring (bicyclic) bond motifs is 1. The molecule has 0 atom stereocenters. The van der Waals surface area contributed by atoms with E-state index in [1.807, 2.05) is 30.3 Å². The van der Waals surface area contributed by atoms with Crippen molar-refractivity contribution in [2.75, 3.05) is 34.5 Å². The molecule has 6 heteroatoms. The van der Waals surface area contributed by atoms with E-state index in [-0.39, 0.29) is 11.0 Å². The van der Waals surface area contributed by atoms with Crippen molar-refractivity contribution in [1.29, 1.82) is 0 Å². The van der Waals surface area contributed by atoms with E-state index in [0.717, 1.165) is 5.56 Å². The molecule has 26 heavy (non-hydrogen) atoms. The van der Waals surface area contributed by atoms with E-state index in [4.69, 9.17) is 23.4 Å². The van der Waals surface area contributed by atoms with Crippen LogP contribution >= 0.6 is 0 Å². The van der Waals surface area contributed by atoms with Gasteiger partial charge in [0.25, 0.3) is 0 Å². The van der Waals surface area contributed by atoms with Crippen molar-refractivity contribution in [3.8, 4) is 28.6 Å². The number of rotatable bonds is 7. The topological polar surface area (TPSA) is 67.1 Å². The molecule has 1 heterocycles. The van der Waals surface area contributed by atoms with Crippen LogP contribution in [0.5, 0.6) is 17.2 Å². The Morgan fingerprint density at radius 3 is 2.35 bits per heavy atom.